The van der Waals surface area contributed by atoms with Crippen molar-refractivity contribution in [3.63, 3.8) is 0 Å². The van der Waals surface area contributed by atoms with Gasteiger partial charge in [0.2, 0.25) is 0 Å². The molecule has 0 bridgehead atoms. The molecule has 2 rings (SSSR count). The summed E-state index contributed by atoms with van der Waals surface area (Å²) in [6, 6.07) is 16.8. The zero-order valence-electron chi connectivity index (χ0n) is 16.2. The first-order valence-electron chi connectivity index (χ1n) is 8.83. The molecule has 4 nitrogen and oxygen atoms in total. The van der Waals surface area contributed by atoms with Crippen LogP contribution in [0, 0.1) is 5.41 Å². The summed E-state index contributed by atoms with van der Waals surface area (Å²) in [4.78, 5) is 24.1. The normalized spacial score (nSPS) is 13.0. The topological polar surface area (TPSA) is 58.2 Å². The molecule has 1 amide bonds. The van der Waals surface area contributed by atoms with E-state index in [1.165, 1.54) is 0 Å². The van der Waals surface area contributed by atoms with Crippen molar-refractivity contribution in [2.24, 2.45) is 5.41 Å². The lowest BCUT2D eigenvalue weighted by Gasteiger charge is -2.28. The van der Waals surface area contributed by atoms with E-state index in [4.69, 9.17) is 0 Å². The molecule has 0 fully saturated rings. The minimum Gasteiger partial charge on any atom is -0.375 e. The van der Waals surface area contributed by atoms with Crippen LogP contribution >= 0.6 is 0 Å². The molecule has 0 saturated heterocycles. The molecular formula is C22H28N2O2. The van der Waals surface area contributed by atoms with Gasteiger partial charge in [0.25, 0.3) is 5.91 Å². The van der Waals surface area contributed by atoms with E-state index in [-0.39, 0.29) is 17.4 Å². The Labute approximate surface area is 156 Å². The molecule has 4 heteroatoms. The van der Waals surface area contributed by atoms with Crippen LogP contribution in [0.5, 0.6) is 0 Å². The van der Waals surface area contributed by atoms with Crippen molar-refractivity contribution in [3.05, 3.63) is 65.7 Å². The van der Waals surface area contributed by atoms with Gasteiger partial charge in [-0.1, -0.05) is 57.2 Å². The van der Waals surface area contributed by atoms with Crippen LogP contribution in [-0.2, 0) is 10.3 Å². The van der Waals surface area contributed by atoms with Crippen molar-refractivity contribution < 1.29 is 9.59 Å². The van der Waals surface area contributed by atoms with E-state index in [1.54, 1.807) is 12.1 Å². The molecule has 1 atom stereocenters. The van der Waals surface area contributed by atoms with Gasteiger partial charge in [0.05, 0.1) is 11.6 Å². The van der Waals surface area contributed by atoms with Crippen LogP contribution in [0.2, 0.25) is 0 Å². The number of anilines is 1. The average molecular weight is 352 g/mol. The smallest absolute Gasteiger partial charge is 0.252 e. The van der Waals surface area contributed by atoms with Gasteiger partial charge in [-0.2, -0.15) is 0 Å². The van der Waals surface area contributed by atoms with Gasteiger partial charge in [-0.25, -0.2) is 0 Å². The van der Waals surface area contributed by atoms with Crippen LogP contribution in [-0.4, -0.2) is 18.2 Å². The lowest BCUT2D eigenvalue weighted by molar-refractivity contribution is -0.110. The van der Waals surface area contributed by atoms with E-state index in [9.17, 15) is 9.59 Å². The number of hydrogen-bond donors (Lipinski definition) is 2. The molecule has 138 valence electrons. The molecule has 0 aliphatic heterocycles. The summed E-state index contributed by atoms with van der Waals surface area (Å²) < 4.78 is 0. The van der Waals surface area contributed by atoms with E-state index in [0.29, 0.717) is 5.56 Å². The Hall–Kier alpha value is -2.62. The summed E-state index contributed by atoms with van der Waals surface area (Å²) in [6.45, 7) is 9.95. The third kappa shape index (κ3) is 4.94. The Morgan fingerprint density at radius 1 is 0.962 bits per heavy atom. The van der Waals surface area contributed by atoms with Crippen LogP contribution < -0.4 is 10.6 Å². The standard InChI is InChI=1S/C22H28N2O2/c1-21(2,3)19(15-25)23-18-13-9-10-16(14-18)20(26)24-22(4,5)17-11-7-6-8-12-17/h6-15,19,23H,1-5H3,(H,24,26)/t19-/m0/s1. The fourth-order valence-electron chi connectivity index (χ4n) is 2.67. The SMILES string of the molecule is CC(C)(NC(=O)c1cccc(N[C@@H](C=O)C(C)(C)C)c1)c1ccccc1. The molecule has 0 aliphatic carbocycles. The summed E-state index contributed by atoms with van der Waals surface area (Å²) in [5, 5.41) is 6.29. The van der Waals surface area contributed by atoms with Crippen molar-refractivity contribution in [3.8, 4) is 0 Å². The second-order valence-corrected chi connectivity index (χ2v) is 8.15. The molecule has 0 unspecified atom stereocenters. The Morgan fingerprint density at radius 3 is 2.19 bits per heavy atom. The van der Waals surface area contributed by atoms with E-state index in [2.05, 4.69) is 10.6 Å². The maximum absolute atomic E-state index is 12.7. The second kappa shape index (κ2) is 7.73. The number of aldehydes is 1. The zero-order chi connectivity index (χ0) is 19.4. The van der Waals surface area contributed by atoms with Crippen molar-refractivity contribution >= 4 is 17.9 Å². The van der Waals surface area contributed by atoms with Gasteiger partial charge in [-0.05, 0) is 43.0 Å². The average Bonchev–Trinajstić information content (AvgIpc) is 2.59. The third-order valence-corrected chi connectivity index (χ3v) is 4.44. The quantitative estimate of drug-likeness (QED) is 0.759. The number of carbonyl (C=O) groups excluding carboxylic acids is 2. The number of carbonyl (C=O) groups is 2. The summed E-state index contributed by atoms with van der Waals surface area (Å²) >= 11 is 0. The summed E-state index contributed by atoms with van der Waals surface area (Å²) in [6.07, 6.45) is 0.908. The first kappa shape index (κ1) is 19.7. The van der Waals surface area contributed by atoms with E-state index in [1.807, 2.05) is 77.1 Å². The zero-order valence-corrected chi connectivity index (χ0v) is 16.2. The Kier molecular flexibility index (Phi) is 5.86. The Morgan fingerprint density at radius 2 is 1.62 bits per heavy atom. The molecule has 0 aliphatic rings. The maximum atomic E-state index is 12.7. The largest absolute Gasteiger partial charge is 0.375 e. The van der Waals surface area contributed by atoms with Crippen molar-refractivity contribution in [2.75, 3.05) is 5.32 Å². The van der Waals surface area contributed by atoms with Gasteiger partial charge < -0.3 is 15.4 Å². The predicted molar refractivity (Wildman–Crippen MR) is 106 cm³/mol. The second-order valence-electron chi connectivity index (χ2n) is 8.15. The molecule has 0 aromatic heterocycles. The first-order chi connectivity index (χ1) is 12.1. The van der Waals surface area contributed by atoms with Crippen LogP contribution in [0.15, 0.2) is 54.6 Å². The summed E-state index contributed by atoms with van der Waals surface area (Å²) in [7, 11) is 0. The fraction of sp³-hybridized carbons (Fsp3) is 0.364. The number of rotatable bonds is 6. The lowest BCUT2D eigenvalue weighted by atomic mass is 9.87. The maximum Gasteiger partial charge on any atom is 0.252 e. The van der Waals surface area contributed by atoms with Gasteiger partial charge in [0.15, 0.2) is 0 Å². The van der Waals surface area contributed by atoms with E-state index in [0.717, 1.165) is 17.5 Å². The van der Waals surface area contributed by atoms with Gasteiger partial charge >= 0.3 is 0 Å². The molecule has 2 N–H and O–H groups in total. The molecule has 26 heavy (non-hydrogen) atoms. The minimum absolute atomic E-state index is 0.152. The molecule has 0 heterocycles. The first-order valence-corrected chi connectivity index (χ1v) is 8.83. The molecule has 0 radical (unpaired) electrons. The van der Waals surface area contributed by atoms with Crippen molar-refractivity contribution in [2.45, 2.75) is 46.2 Å². The highest BCUT2D eigenvalue weighted by atomic mass is 16.1. The highest BCUT2D eigenvalue weighted by molar-refractivity contribution is 5.95. The molecule has 0 spiro atoms. The van der Waals surface area contributed by atoms with Crippen LogP contribution in [0.1, 0.15) is 50.5 Å². The summed E-state index contributed by atoms with van der Waals surface area (Å²) in [5.41, 5.74) is 1.64. The lowest BCUT2D eigenvalue weighted by Crippen LogP contribution is -2.41. The number of benzene rings is 2. The molecule has 2 aromatic carbocycles. The summed E-state index contributed by atoms with van der Waals surface area (Å²) in [5.74, 6) is -0.152. The van der Waals surface area contributed by atoms with Gasteiger partial charge in [0, 0.05) is 11.3 Å². The van der Waals surface area contributed by atoms with Crippen LogP contribution in [0.25, 0.3) is 0 Å². The Bertz CT molecular complexity index is 761. The molecule has 2 aromatic rings. The predicted octanol–water partition coefficient (Wildman–Crippen LogP) is 4.38. The molecular weight excluding hydrogens is 324 g/mol. The fourth-order valence-corrected chi connectivity index (χ4v) is 2.67. The van der Waals surface area contributed by atoms with Gasteiger partial charge in [0.1, 0.15) is 6.29 Å². The van der Waals surface area contributed by atoms with Gasteiger partial charge in [-0.15, -0.1) is 0 Å². The van der Waals surface area contributed by atoms with Crippen molar-refractivity contribution in [1.82, 2.24) is 5.32 Å². The minimum atomic E-state index is -0.488. The Balaban J connectivity index is 2.16. The number of amides is 1. The van der Waals surface area contributed by atoms with Gasteiger partial charge in [-0.3, -0.25) is 4.79 Å². The molecule has 0 saturated carbocycles. The van der Waals surface area contributed by atoms with E-state index >= 15 is 0 Å². The van der Waals surface area contributed by atoms with Crippen molar-refractivity contribution in [1.29, 1.82) is 0 Å². The van der Waals surface area contributed by atoms with Crippen LogP contribution in [0.3, 0.4) is 0 Å². The highest BCUT2D eigenvalue weighted by Crippen LogP contribution is 2.23. The van der Waals surface area contributed by atoms with Crippen LogP contribution in [0.4, 0.5) is 5.69 Å². The monoisotopic (exact) mass is 352 g/mol. The number of nitrogens with one attached hydrogen (secondary N) is 2. The van der Waals surface area contributed by atoms with E-state index < -0.39 is 5.54 Å². The highest BCUT2D eigenvalue weighted by Gasteiger charge is 2.25. The number of hydrogen-bond acceptors (Lipinski definition) is 3. The third-order valence-electron chi connectivity index (χ3n) is 4.44.